The molecule has 20 heavy (non-hydrogen) atoms. The number of halogens is 2. The second-order valence-corrected chi connectivity index (χ2v) is 9.07. The van der Waals surface area contributed by atoms with Crippen molar-refractivity contribution in [2.24, 2.45) is 4.99 Å². The normalized spacial score (nSPS) is 12.0. The Morgan fingerprint density at radius 2 is 1.60 bits per heavy atom. The van der Waals surface area contributed by atoms with E-state index in [2.05, 4.69) is 25.8 Å². The third-order valence-electron chi connectivity index (χ3n) is 2.47. The van der Waals surface area contributed by atoms with Crippen molar-refractivity contribution >= 4 is 24.8 Å². The van der Waals surface area contributed by atoms with Crippen molar-refractivity contribution in [2.45, 2.75) is 52.5 Å². The van der Waals surface area contributed by atoms with Crippen molar-refractivity contribution in [1.29, 1.82) is 0 Å². The van der Waals surface area contributed by atoms with Crippen LogP contribution in [-0.2, 0) is 22.4 Å². The Balaban J connectivity index is 0.00000110. The zero-order valence-corrected chi connectivity index (χ0v) is 16.0. The molecule has 0 aliphatic carbocycles. The van der Waals surface area contributed by atoms with E-state index in [1.54, 1.807) is 6.21 Å². The van der Waals surface area contributed by atoms with E-state index in [1.807, 2.05) is 39.0 Å². The maximum atomic E-state index is 10.2. The van der Waals surface area contributed by atoms with E-state index in [1.165, 1.54) is 0 Å². The number of nitrogens with zero attached hydrogens (tertiary/aromatic N) is 1. The summed E-state index contributed by atoms with van der Waals surface area (Å²) >= 11 is -0.556. The third kappa shape index (κ3) is 7.68. The van der Waals surface area contributed by atoms with Gasteiger partial charge >= 0.3 is 35.6 Å². The Kier molecular flexibility index (Phi) is 8.43. The Hall–Kier alpha value is -0.0157. The van der Waals surface area contributed by atoms with Crippen LogP contribution in [0, 0.1) is 0 Å². The minimum atomic E-state index is -0.556. The number of hydrogen-bond donors (Lipinski definition) is 1. The number of phenolic OH excluding ortho intramolecular Hbond substituents is 1. The summed E-state index contributed by atoms with van der Waals surface area (Å²) in [6.45, 7) is 12.4. The van der Waals surface area contributed by atoms with E-state index in [-0.39, 0.29) is 11.0 Å². The molecule has 1 aromatic rings. The Morgan fingerprint density at radius 1 is 1.10 bits per heavy atom. The van der Waals surface area contributed by atoms with Gasteiger partial charge in [0.25, 0.3) is 0 Å². The zero-order valence-electron chi connectivity index (χ0n) is 13.0. The molecular formula is C15H23Cl2NOTi. The SMILES string of the molecule is CC(C)(C)N=Cc1cccc(C(C)(C)C)c1O.[Cl][Ti][Cl]. The Bertz CT molecular complexity index is 448. The first-order chi connectivity index (χ1) is 9.03. The topological polar surface area (TPSA) is 32.6 Å². The summed E-state index contributed by atoms with van der Waals surface area (Å²) in [4.78, 5) is 4.43. The number of rotatable bonds is 1. The molecule has 0 unspecified atom stereocenters. The number of benzene rings is 1. The number of aromatic hydroxyl groups is 1. The van der Waals surface area contributed by atoms with Crippen LogP contribution in [0.5, 0.6) is 5.75 Å². The predicted molar refractivity (Wildman–Crippen MR) is 85.9 cm³/mol. The molecule has 0 fully saturated rings. The fraction of sp³-hybridized carbons (Fsp3) is 0.533. The van der Waals surface area contributed by atoms with Gasteiger partial charge in [-0.1, -0.05) is 32.9 Å². The predicted octanol–water partition coefficient (Wildman–Crippen LogP) is 5.28. The van der Waals surface area contributed by atoms with E-state index in [4.69, 9.17) is 18.6 Å². The van der Waals surface area contributed by atoms with Crippen molar-refractivity contribution in [3.8, 4) is 5.75 Å². The van der Waals surface area contributed by atoms with Crippen LogP contribution in [0.25, 0.3) is 0 Å². The summed E-state index contributed by atoms with van der Waals surface area (Å²) in [6.07, 6.45) is 1.75. The monoisotopic (exact) mass is 351 g/mol. The molecule has 1 rings (SSSR count). The molecule has 0 saturated heterocycles. The van der Waals surface area contributed by atoms with Crippen molar-refractivity contribution < 1.29 is 22.1 Å². The van der Waals surface area contributed by atoms with E-state index < -0.39 is 17.0 Å². The molecule has 2 nitrogen and oxygen atoms in total. The van der Waals surface area contributed by atoms with Crippen LogP contribution in [-0.4, -0.2) is 16.9 Å². The molecule has 0 aromatic heterocycles. The van der Waals surface area contributed by atoms with Gasteiger partial charge in [-0.2, -0.15) is 0 Å². The molecule has 0 amide bonds. The van der Waals surface area contributed by atoms with Crippen molar-refractivity contribution in [3.63, 3.8) is 0 Å². The summed E-state index contributed by atoms with van der Waals surface area (Å²) in [5.74, 6) is 0.341. The molecule has 0 saturated carbocycles. The summed E-state index contributed by atoms with van der Waals surface area (Å²) in [5, 5.41) is 10.2. The first-order valence-corrected chi connectivity index (χ1v) is 10.7. The Labute approximate surface area is 139 Å². The van der Waals surface area contributed by atoms with Gasteiger partial charge in [0.1, 0.15) is 5.75 Å². The van der Waals surface area contributed by atoms with Crippen LogP contribution >= 0.6 is 18.6 Å². The van der Waals surface area contributed by atoms with Crippen LogP contribution in [0.2, 0.25) is 0 Å². The molecule has 0 atom stereocenters. The molecular weight excluding hydrogens is 329 g/mol. The molecule has 5 heteroatoms. The summed E-state index contributed by atoms with van der Waals surface area (Å²) in [6, 6.07) is 5.81. The molecule has 1 N–H and O–H groups in total. The van der Waals surface area contributed by atoms with Crippen LogP contribution in [0.1, 0.15) is 52.7 Å². The van der Waals surface area contributed by atoms with Gasteiger partial charge in [-0.25, -0.2) is 0 Å². The zero-order chi connectivity index (χ0) is 16.0. The molecule has 0 aliphatic rings. The molecule has 1 aromatic carbocycles. The van der Waals surface area contributed by atoms with Gasteiger partial charge in [-0.05, 0) is 37.8 Å². The van der Waals surface area contributed by atoms with Crippen LogP contribution in [0.3, 0.4) is 0 Å². The van der Waals surface area contributed by atoms with E-state index in [0.29, 0.717) is 5.75 Å². The molecule has 0 bridgehead atoms. The Morgan fingerprint density at radius 3 is 2.00 bits per heavy atom. The van der Waals surface area contributed by atoms with Gasteiger partial charge in [0.15, 0.2) is 0 Å². The second kappa shape index (κ2) is 8.43. The average molecular weight is 352 g/mol. The number of para-hydroxylation sites is 1. The van der Waals surface area contributed by atoms with E-state index in [9.17, 15) is 5.11 Å². The maximum absolute atomic E-state index is 10.2. The van der Waals surface area contributed by atoms with Crippen LogP contribution in [0.15, 0.2) is 23.2 Å². The van der Waals surface area contributed by atoms with E-state index >= 15 is 0 Å². The summed E-state index contributed by atoms with van der Waals surface area (Å²) < 4.78 is 0. The van der Waals surface area contributed by atoms with Crippen molar-refractivity contribution in [1.82, 2.24) is 0 Å². The summed E-state index contributed by atoms with van der Waals surface area (Å²) in [5.41, 5.74) is 1.56. The number of aliphatic imine (C=N–C) groups is 1. The molecule has 0 heterocycles. The van der Waals surface area contributed by atoms with E-state index in [0.717, 1.165) is 11.1 Å². The van der Waals surface area contributed by atoms with Gasteiger partial charge in [0.2, 0.25) is 0 Å². The second-order valence-electron chi connectivity index (χ2n) is 6.49. The van der Waals surface area contributed by atoms with Crippen LogP contribution < -0.4 is 0 Å². The number of hydrogen-bond acceptors (Lipinski definition) is 2. The standard InChI is InChI=1S/C15H23NO.2ClH.Ti/c1-14(2,3)12-9-7-8-11(13(12)17)10-16-15(4,5)6;;;/h7-10,17H,1-6H3;2*1H;/q;;;+2/p-2. The van der Waals surface area contributed by atoms with Gasteiger partial charge in [-0.3, -0.25) is 4.99 Å². The number of phenols is 1. The quantitative estimate of drug-likeness (QED) is 0.541. The van der Waals surface area contributed by atoms with Gasteiger partial charge < -0.3 is 5.11 Å². The van der Waals surface area contributed by atoms with Gasteiger partial charge in [0, 0.05) is 11.8 Å². The third-order valence-corrected chi connectivity index (χ3v) is 2.47. The molecule has 0 aliphatic heterocycles. The average Bonchev–Trinajstić information content (AvgIpc) is 2.26. The summed E-state index contributed by atoms with van der Waals surface area (Å²) in [7, 11) is 9.78. The fourth-order valence-corrected chi connectivity index (χ4v) is 1.53. The molecule has 0 spiro atoms. The van der Waals surface area contributed by atoms with Crippen molar-refractivity contribution in [2.75, 3.05) is 0 Å². The van der Waals surface area contributed by atoms with Gasteiger partial charge in [-0.15, -0.1) is 0 Å². The molecule has 112 valence electrons. The minimum absolute atomic E-state index is 0.0599. The first kappa shape index (κ1) is 20.0. The van der Waals surface area contributed by atoms with Gasteiger partial charge in [0.05, 0.1) is 5.54 Å². The van der Waals surface area contributed by atoms with Crippen LogP contribution in [0.4, 0.5) is 0 Å². The fourth-order valence-electron chi connectivity index (χ4n) is 1.53. The van der Waals surface area contributed by atoms with Crippen molar-refractivity contribution in [3.05, 3.63) is 29.3 Å². The first-order valence-electron chi connectivity index (χ1n) is 6.37. The molecule has 0 radical (unpaired) electrons.